The lowest BCUT2D eigenvalue weighted by Gasteiger charge is -2.20. The highest BCUT2D eigenvalue weighted by Crippen LogP contribution is 2.19. The van der Waals surface area contributed by atoms with Crippen LogP contribution in [0.1, 0.15) is 32.8 Å². The number of carbonyl (C=O) groups is 2. The fraction of sp³-hybridized carbons (Fsp3) is 0.429. The third-order valence-electron chi connectivity index (χ3n) is 2.93. The van der Waals surface area contributed by atoms with Crippen LogP contribution >= 0.6 is 0 Å². The zero-order valence-corrected chi connectivity index (χ0v) is 11.0. The zero-order chi connectivity index (χ0) is 13.6. The molecule has 0 aliphatic rings. The highest BCUT2D eigenvalue weighted by molar-refractivity contribution is 5.94. The van der Waals surface area contributed by atoms with E-state index in [-0.39, 0.29) is 12.5 Å². The minimum Gasteiger partial charge on any atom is -0.444 e. The number of alkyl carbamates (subject to hydrolysis) is 1. The molecule has 0 saturated carbocycles. The van der Waals surface area contributed by atoms with Crippen molar-refractivity contribution in [1.82, 2.24) is 5.32 Å². The van der Waals surface area contributed by atoms with Gasteiger partial charge in [0.2, 0.25) is 5.91 Å². The number of benzene rings is 1. The molecule has 4 nitrogen and oxygen atoms in total. The predicted molar refractivity (Wildman–Crippen MR) is 68.8 cm³/mol. The number of nitrogens with one attached hydrogen (secondary N) is 1. The average molecular weight is 249 g/mol. The molecule has 0 aromatic heterocycles. The van der Waals surface area contributed by atoms with Gasteiger partial charge in [-0.25, -0.2) is 4.79 Å². The standard InChI is InChI=1S/C14H19NO3/c1-4-14(2,3)12(16)15-13(17)18-10-11-8-6-5-7-9-11/h5-9H,4,10H2,1-3H3,(H,15,16,17). The third kappa shape index (κ3) is 4.20. The van der Waals surface area contributed by atoms with Gasteiger partial charge in [-0.05, 0) is 12.0 Å². The van der Waals surface area contributed by atoms with Crippen LogP contribution in [0.2, 0.25) is 0 Å². The SMILES string of the molecule is CCC(C)(C)C(=O)NC(=O)OCc1ccccc1. The topological polar surface area (TPSA) is 55.4 Å². The van der Waals surface area contributed by atoms with Gasteiger partial charge in [0.15, 0.2) is 0 Å². The first-order valence-electron chi connectivity index (χ1n) is 5.98. The first kappa shape index (κ1) is 14.2. The molecular weight excluding hydrogens is 230 g/mol. The normalized spacial score (nSPS) is 10.8. The molecule has 0 unspecified atom stereocenters. The Balaban J connectivity index is 2.41. The van der Waals surface area contributed by atoms with Crippen LogP contribution in [0, 0.1) is 5.41 Å². The Bertz CT molecular complexity index is 412. The molecule has 1 rings (SSSR count). The Hall–Kier alpha value is -1.84. The lowest BCUT2D eigenvalue weighted by atomic mass is 9.89. The number of rotatable bonds is 4. The van der Waals surface area contributed by atoms with Gasteiger partial charge in [0.05, 0.1) is 0 Å². The summed E-state index contributed by atoms with van der Waals surface area (Å²) in [7, 11) is 0. The Morgan fingerprint density at radius 1 is 1.22 bits per heavy atom. The van der Waals surface area contributed by atoms with E-state index in [4.69, 9.17) is 4.74 Å². The van der Waals surface area contributed by atoms with Gasteiger partial charge in [-0.3, -0.25) is 10.1 Å². The van der Waals surface area contributed by atoms with Crippen LogP contribution in [-0.4, -0.2) is 12.0 Å². The summed E-state index contributed by atoms with van der Waals surface area (Å²) in [6.07, 6.45) is -0.0458. The summed E-state index contributed by atoms with van der Waals surface area (Å²) >= 11 is 0. The average Bonchev–Trinajstić information content (AvgIpc) is 2.37. The molecule has 0 aliphatic heterocycles. The second-order valence-electron chi connectivity index (χ2n) is 4.75. The van der Waals surface area contributed by atoms with Crippen molar-refractivity contribution in [3.8, 4) is 0 Å². The molecule has 0 aliphatic carbocycles. The molecule has 0 radical (unpaired) electrons. The van der Waals surface area contributed by atoms with E-state index < -0.39 is 11.5 Å². The van der Waals surface area contributed by atoms with E-state index in [0.29, 0.717) is 6.42 Å². The van der Waals surface area contributed by atoms with Crippen LogP contribution in [0.25, 0.3) is 0 Å². The molecule has 2 amide bonds. The van der Waals surface area contributed by atoms with Gasteiger partial charge in [-0.2, -0.15) is 0 Å². The monoisotopic (exact) mass is 249 g/mol. The first-order valence-corrected chi connectivity index (χ1v) is 5.98. The molecule has 1 N–H and O–H groups in total. The molecule has 0 fully saturated rings. The summed E-state index contributed by atoms with van der Waals surface area (Å²) < 4.78 is 4.97. The zero-order valence-electron chi connectivity index (χ0n) is 11.0. The first-order chi connectivity index (χ1) is 8.45. The maximum absolute atomic E-state index is 11.7. The van der Waals surface area contributed by atoms with Gasteiger partial charge in [0, 0.05) is 5.41 Å². The van der Waals surface area contributed by atoms with E-state index in [1.165, 1.54) is 0 Å². The molecule has 18 heavy (non-hydrogen) atoms. The largest absolute Gasteiger partial charge is 0.444 e. The number of hydrogen-bond acceptors (Lipinski definition) is 3. The fourth-order valence-electron chi connectivity index (χ4n) is 1.18. The maximum atomic E-state index is 11.7. The molecule has 0 heterocycles. The van der Waals surface area contributed by atoms with E-state index in [2.05, 4.69) is 5.32 Å². The number of amides is 2. The summed E-state index contributed by atoms with van der Waals surface area (Å²) in [5.74, 6) is -0.317. The van der Waals surface area contributed by atoms with Crippen LogP contribution < -0.4 is 5.32 Å². The lowest BCUT2D eigenvalue weighted by molar-refractivity contribution is -0.128. The van der Waals surface area contributed by atoms with Crippen molar-refractivity contribution in [2.75, 3.05) is 0 Å². The van der Waals surface area contributed by atoms with Gasteiger partial charge in [-0.15, -0.1) is 0 Å². The number of ether oxygens (including phenoxy) is 1. The van der Waals surface area contributed by atoms with Crippen LogP contribution in [0.15, 0.2) is 30.3 Å². The van der Waals surface area contributed by atoms with Gasteiger partial charge in [0.25, 0.3) is 0 Å². The summed E-state index contributed by atoms with van der Waals surface area (Å²) in [6.45, 7) is 5.63. The van der Waals surface area contributed by atoms with Crippen molar-refractivity contribution in [2.45, 2.75) is 33.8 Å². The molecule has 0 atom stereocenters. The molecule has 0 saturated heterocycles. The second-order valence-corrected chi connectivity index (χ2v) is 4.75. The Morgan fingerprint density at radius 2 is 1.83 bits per heavy atom. The summed E-state index contributed by atoms with van der Waals surface area (Å²) in [4.78, 5) is 23.1. The summed E-state index contributed by atoms with van der Waals surface area (Å²) in [6, 6.07) is 9.32. The van der Waals surface area contributed by atoms with Crippen LogP contribution in [-0.2, 0) is 16.1 Å². The molecule has 98 valence electrons. The Kier molecular flexibility index (Phi) is 4.89. The number of carbonyl (C=O) groups excluding carboxylic acids is 2. The summed E-state index contributed by atoms with van der Waals surface area (Å²) in [5, 5.41) is 2.24. The second kappa shape index (κ2) is 6.19. The minimum absolute atomic E-state index is 0.159. The van der Waals surface area contributed by atoms with E-state index in [9.17, 15) is 9.59 Å². The van der Waals surface area contributed by atoms with Crippen molar-refractivity contribution >= 4 is 12.0 Å². The molecular formula is C14H19NO3. The van der Waals surface area contributed by atoms with Gasteiger partial charge in [0.1, 0.15) is 6.61 Å². The lowest BCUT2D eigenvalue weighted by Crippen LogP contribution is -2.40. The predicted octanol–water partition coefficient (Wildman–Crippen LogP) is 2.88. The molecule has 4 heteroatoms. The molecule has 1 aromatic carbocycles. The highest BCUT2D eigenvalue weighted by Gasteiger charge is 2.27. The van der Waals surface area contributed by atoms with E-state index in [1.807, 2.05) is 37.3 Å². The smallest absolute Gasteiger partial charge is 0.414 e. The van der Waals surface area contributed by atoms with E-state index in [1.54, 1.807) is 13.8 Å². The van der Waals surface area contributed by atoms with Crippen molar-refractivity contribution in [2.24, 2.45) is 5.41 Å². The van der Waals surface area contributed by atoms with Crippen LogP contribution in [0.3, 0.4) is 0 Å². The van der Waals surface area contributed by atoms with Crippen molar-refractivity contribution < 1.29 is 14.3 Å². The van der Waals surface area contributed by atoms with Crippen LogP contribution in [0.4, 0.5) is 4.79 Å². The van der Waals surface area contributed by atoms with Gasteiger partial charge >= 0.3 is 6.09 Å². The van der Waals surface area contributed by atoms with Crippen molar-refractivity contribution in [3.05, 3.63) is 35.9 Å². The number of hydrogen-bond donors (Lipinski definition) is 1. The third-order valence-corrected chi connectivity index (χ3v) is 2.93. The minimum atomic E-state index is -0.703. The van der Waals surface area contributed by atoms with Crippen LogP contribution in [0.5, 0.6) is 0 Å². The Labute approximate surface area is 107 Å². The van der Waals surface area contributed by atoms with Crippen molar-refractivity contribution in [1.29, 1.82) is 0 Å². The van der Waals surface area contributed by atoms with E-state index >= 15 is 0 Å². The molecule has 0 bridgehead atoms. The highest BCUT2D eigenvalue weighted by atomic mass is 16.5. The maximum Gasteiger partial charge on any atom is 0.414 e. The number of imide groups is 1. The molecule has 1 aromatic rings. The Morgan fingerprint density at radius 3 is 2.39 bits per heavy atom. The quantitative estimate of drug-likeness (QED) is 0.892. The summed E-state index contributed by atoms with van der Waals surface area (Å²) in [5.41, 5.74) is 0.320. The van der Waals surface area contributed by atoms with Gasteiger partial charge in [-0.1, -0.05) is 51.1 Å². The fourth-order valence-corrected chi connectivity index (χ4v) is 1.18. The van der Waals surface area contributed by atoms with Gasteiger partial charge < -0.3 is 4.74 Å². The molecule has 0 spiro atoms. The van der Waals surface area contributed by atoms with E-state index in [0.717, 1.165) is 5.56 Å². The van der Waals surface area contributed by atoms with Crippen molar-refractivity contribution in [3.63, 3.8) is 0 Å².